The van der Waals surface area contributed by atoms with Crippen LogP contribution in [0.2, 0.25) is 0 Å². The first-order chi connectivity index (χ1) is 7.27. The summed E-state index contributed by atoms with van der Waals surface area (Å²) in [5, 5.41) is 7.24. The number of hydrogen-bond acceptors (Lipinski definition) is 3. The fourth-order valence-electron chi connectivity index (χ4n) is 1.63. The van der Waals surface area contributed by atoms with Gasteiger partial charge in [0.15, 0.2) is 0 Å². The van der Waals surface area contributed by atoms with Crippen molar-refractivity contribution in [2.24, 2.45) is 5.73 Å². The van der Waals surface area contributed by atoms with Gasteiger partial charge in [0.1, 0.15) is 5.82 Å². The summed E-state index contributed by atoms with van der Waals surface area (Å²) in [5.74, 6) is 1.25. The van der Waals surface area contributed by atoms with Gasteiger partial charge in [-0.2, -0.15) is 0 Å². The molecule has 15 heavy (non-hydrogen) atoms. The summed E-state index contributed by atoms with van der Waals surface area (Å²) in [6.45, 7) is 0.803. The third kappa shape index (κ3) is 2.68. The van der Waals surface area contributed by atoms with Gasteiger partial charge in [0.25, 0.3) is 0 Å². The zero-order chi connectivity index (χ0) is 10.7. The monoisotopic (exact) mass is 204 g/mol. The zero-order valence-electron chi connectivity index (χ0n) is 8.69. The highest BCUT2D eigenvalue weighted by Gasteiger charge is 2.29. The van der Waals surface area contributed by atoms with Crippen molar-refractivity contribution in [2.45, 2.75) is 25.3 Å². The Morgan fingerprint density at radius 1 is 1.53 bits per heavy atom. The lowest BCUT2D eigenvalue weighted by molar-refractivity contribution is 0.782. The van der Waals surface area contributed by atoms with Gasteiger partial charge in [-0.25, -0.2) is 4.98 Å². The summed E-state index contributed by atoms with van der Waals surface area (Å²) in [5.41, 5.74) is 5.38. The number of hydrogen-bond donors (Lipinski definition) is 2. The molecule has 1 aliphatic rings. The molecule has 1 aliphatic carbocycles. The summed E-state index contributed by atoms with van der Waals surface area (Å²) >= 11 is 0. The molecule has 3 N–H and O–H groups in total. The molecule has 0 atom stereocenters. The van der Waals surface area contributed by atoms with Gasteiger partial charge in [-0.1, -0.05) is 6.07 Å². The zero-order valence-corrected chi connectivity index (χ0v) is 8.69. The molecule has 0 saturated heterocycles. The minimum Gasteiger partial charge on any atom is -0.388 e. The van der Waals surface area contributed by atoms with Crippen molar-refractivity contribution in [1.82, 2.24) is 4.98 Å². The lowest BCUT2D eigenvalue weighted by Crippen LogP contribution is -2.30. The van der Waals surface area contributed by atoms with Gasteiger partial charge in [-0.3, -0.25) is 5.41 Å². The lowest BCUT2D eigenvalue weighted by atomic mass is 10.3. The Bertz CT molecular complexity index is 332. The molecule has 4 heteroatoms. The average molecular weight is 204 g/mol. The summed E-state index contributed by atoms with van der Waals surface area (Å²) in [4.78, 5) is 6.58. The van der Waals surface area contributed by atoms with Crippen molar-refractivity contribution in [2.75, 3.05) is 11.4 Å². The molecule has 0 unspecified atom stereocenters. The number of anilines is 1. The molecule has 80 valence electrons. The molecule has 0 spiro atoms. The van der Waals surface area contributed by atoms with Crippen LogP contribution < -0.4 is 10.6 Å². The molecule has 0 amide bonds. The van der Waals surface area contributed by atoms with Gasteiger partial charge in [0.05, 0.1) is 5.84 Å². The van der Waals surface area contributed by atoms with Crippen LogP contribution in [0.3, 0.4) is 0 Å². The molecule has 1 aromatic rings. The first kappa shape index (κ1) is 9.96. The maximum Gasteiger partial charge on any atom is 0.128 e. The van der Waals surface area contributed by atoms with Crippen molar-refractivity contribution in [3.05, 3.63) is 24.4 Å². The van der Waals surface area contributed by atoms with Gasteiger partial charge in [-0.15, -0.1) is 0 Å². The van der Waals surface area contributed by atoms with Crippen molar-refractivity contribution < 1.29 is 0 Å². The standard InChI is InChI=1S/C11H16N4/c12-10(13)6-8-15(9-4-5-9)11-3-1-2-7-14-11/h1-3,7,9H,4-6,8H2,(H3,12,13). The van der Waals surface area contributed by atoms with Crippen LogP contribution in [0.25, 0.3) is 0 Å². The molecule has 0 aromatic carbocycles. The molecule has 1 saturated carbocycles. The fourth-order valence-corrected chi connectivity index (χ4v) is 1.63. The highest BCUT2D eigenvalue weighted by molar-refractivity contribution is 5.77. The quantitative estimate of drug-likeness (QED) is 0.562. The molecular formula is C11H16N4. The third-order valence-electron chi connectivity index (χ3n) is 2.55. The van der Waals surface area contributed by atoms with Crippen LogP contribution in [0, 0.1) is 5.41 Å². The van der Waals surface area contributed by atoms with E-state index < -0.39 is 0 Å². The number of nitrogens with one attached hydrogen (secondary N) is 1. The SMILES string of the molecule is N=C(N)CCN(c1ccccn1)C1CC1. The van der Waals surface area contributed by atoms with Crippen LogP contribution in [0.1, 0.15) is 19.3 Å². The number of nitrogens with two attached hydrogens (primary N) is 1. The first-order valence-corrected chi connectivity index (χ1v) is 5.28. The fraction of sp³-hybridized carbons (Fsp3) is 0.455. The molecule has 0 bridgehead atoms. The van der Waals surface area contributed by atoms with E-state index in [1.807, 2.05) is 18.2 Å². The molecule has 2 rings (SSSR count). The van der Waals surface area contributed by atoms with Gasteiger partial charge >= 0.3 is 0 Å². The van der Waals surface area contributed by atoms with E-state index in [-0.39, 0.29) is 5.84 Å². The highest BCUT2D eigenvalue weighted by Crippen LogP contribution is 2.30. The second-order valence-electron chi connectivity index (χ2n) is 3.89. The molecule has 0 aliphatic heterocycles. The molecule has 1 heterocycles. The van der Waals surface area contributed by atoms with E-state index in [2.05, 4.69) is 9.88 Å². The molecule has 4 nitrogen and oxygen atoms in total. The number of rotatable bonds is 5. The molecule has 0 radical (unpaired) electrons. The maximum absolute atomic E-state index is 7.24. The first-order valence-electron chi connectivity index (χ1n) is 5.28. The maximum atomic E-state index is 7.24. The number of aromatic nitrogens is 1. The number of nitrogens with zero attached hydrogens (tertiary/aromatic N) is 2. The molecule has 1 fully saturated rings. The van der Waals surface area contributed by atoms with Gasteiger partial charge in [-0.05, 0) is 25.0 Å². The minimum atomic E-state index is 0.247. The van der Waals surface area contributed by atoms with Gasteiger partial charge in [0, 0.05) is 25.2 Å². The van der Waals surface area contributed by atoms with Crippen LogP contribution in [-0.2, 0) is 0 Å². The Morgan fingerprint density at radius 3 is 2.87 bits per heavy atom. The Hall–Kier alpha value is -1.58. The predicted molar refractivity (Wildman–Crippen MR) is 61.1 cm³/mol. The largest absolute Gasteiger partial charge is 0.388 e. The summed E-state index contributed by atoms with van der Waals surface area (Å²) in [6.07, 6.45) is 4.88. The normalized spacial score (nSPS) is 14.9. The molecule has 1 aromatic heterocycles. The van der Waals surface area contributed by atoms with E-state index >= 15 is 0 Å². The average Bonchev–Trinajstić information content (AvgIpc) is 3.03. The minimum absolute atomic E-state index is 0.247. The summed E-state index contributed by atoms with van der Waals surface area (Å²) in [6, 6.07) is 6.53. The van der Waals surface area contributed by atoms with E-state index in [1.165, 1.54) is 12.8 Å². The van der Waals surface area contributed by atoms with Gasteiger partial charge < -0.3 is 10.6 Å². The number of pyridine rings is 1. The van der Waals surface area contributed by atoms with E-state index in [1.54, 1.807) is 6.20 Å². The van der Waals surface area contributed by atoms with Crippen LogP contribution in [0.5, 0.6) is 0 Å². The van der Waals surface area contributed by atoms with Crippen LogP contribution in [0.4, 0.5) is 5.82 Å². The van der Waals surface area contributed by atoms with Gasteiger partial charge in [0.2, 0.25) is 0 Å². The van der Waals surface area contributed by atoms with E-state index in [9.17, 15) is 0 Å². The van der Waals surface area contributed by atoms with Crippen LogP contribution >= 0.6 is 0 Å². The smallest absolute Gasteiger partial charge is 0.128 e. The van der Waals surface area contributed by atoms with Crippen molar-refractivity contribution in [3.63, 3.8) is 0 Å². The number of amidine groups is 1. The van der Waals surface area contributed by atoms with E-state index in [0.717, 1.165) is 12.4 Å². The summed E-state index contributed by atoms with van der Waals surface area (Å²) in [7, 11) is 0. The molecular weight excluding hydrogens is 188 g/mol. The second kappa shape index (κ2) is 4.29. The Morgan fingerprint density at radius 2 is 2.33 bits per heavy atom. The predicted octanol–water partition coefficient (Wildman–Crippen LogP) is 1.38. The van der Waals surface area contributed by atoms with E-state index in [4.69, 9.17) is 11.1 Å². The second-order valence-corrected chi connectivity index (χ2v) is 3.89. The Labute approximate surface area is 89.6 Å². The van der Waals surface area contributed by atoms with Crippen molar-refractivity contribution >= 4 is 11.7 Å². The van der Waals surface area contributed by atoms with Crippen molar-refractivity contribution in [1.29, 1.82) is 5.41 Å². The van der Waals surface area contributed by atoms with Crippen LogP contribution in [0.15, 0.2) is 24.4 Å². The Kier molecular flexibility index (Phi) is 2.85. The Balaban J connectivity index is 2.03. The third-order valence-corrected chi connectivity index (χ3v) is 2.55. The van der Waals surface area contributed by atoms with E-state index in [0.29, 0.717) is 12.5 Å². The topological polar surface area (TPSA) is 66.0 Å². The van der Waals surface area contributed by atoms with Crippen molar-refractivity contribution in [3.8, 4) is 0 Å². The lowest BCUT2D eigenvalue weighted by Gasteiger charge is -2.22. The summed E-state index contributed by atoms with van der Waals surface area (Å²) < 4.78 is 0. The van der Waals surface area contributed by atoms with Crippen LogP contribution in [-0.4, -0.2) is 23.4 Å². The highest BCUT2D eigenvalue weighted by atomic mass is 15.2.